The summed E-state index contributed by atoms with van der Waals surface area (Å²) in [7, 11) is 1.64. The lowest BCUT2D eigenvalue weighted by atomic mass is 10.2. The normalized spacial score (nSPS) is 14.8. The topological polar surface area (TPSA) is 96.6 Å². The first-order chi connectivity index (χ1) is 13.7. The summed E-state index contributed by atoms with van der Waals surface area (Å²) < 4.78 is 10.8. The van der Waals surface area contributed by atoms with Crippen LogP contribution in [-0.2, 0) is 17.9 Å². The van der Waals surface area contributed by atoms with Crippen molar-refractivity contribution in [3.63, 3.8) is 0 Å². The molecule has 0 amide bonds. The van der Waals surface area contributed by atoms with Crippen LogP contribution in [0.1, 0.15) is 5.82 Å². The molecule has 1 N–H and O–H groups in total. The van der Waals surface area contributed by atoms with Gasteiger partial charge < -0.3 is 19.6 Å². The van der Waals surface area contributed by atoms with Gasteiger partial charge in [0.15, 0.2) is 5.82 Å². The molecule has 0 saturated carbocycles. The Labute approximate surface area is 166 Å². The average molecular weight is 402 g/mol. The summed E-state index contributed by atoms with van der Waals surface area (Å²) in [4.78, 5) is 25.9. The van der Waals surface area contributed by atoms with Crippen molar-refractivity contribution >= 4 is 33.3 Å². The molecule has 0 spiro atoms. The molecule has 1 aliphatic heterocycles. The predicted molar refractivity (Wildman–Crippen MR) is 108 cm³/mol. The van der Waals surface area contributed by atoms with E-state index in [0.29, 0.717) is 17.5 Å². The van der Waals surface area contributed by atoms with Gasteiger partial charge in [0, 0.05) is 50.5 Å². The van der Waals surface area contributed by atoms with E-state index >= 15 is 0 Å². The van der Waals surface area contributed by atoms with Gasteiger partial charge in [-0.25, -0.2) is 9.97 Å². The Balaban J connectivity index is 1.47. The van der Waals surface area contributed by atoms with Crippen molar-refractivity contribution in [1.29, 1.82) is 0 Å². The van der Waals surface area contributed by atoms with Gasteiger partial charge in [0.1, 0.15) is 6.61 Å². The van der Waals surface area contributed by atoms with E-state index in [-0.39, 0.29) is 18.7 Å². The molecule has 1 fully saturated rings. The van der Waals surface area contributed by atoms with Crippen LogP contribution in [-0.4, -0.2) is 63.9 Å². The maximum Gasteiger partial charge on any atom is 0.261 e. The van der Waals surface area contributed by atoms with Gasteiger partial charge in [-0.3, -0.25) is 9.36 Å². The minimum absolute atomic E-state index is 0.0863. The van der Waals surface area contributed by atoms with Gasteiger partial charge in [-0.05, 0) is 18.2 Å². The van der Waals surface area contributed by atoms with Crippen molar-refractivity contribution in [2.24, 2.45) is 0 Å². The Kier molecular flexibility index (Phi) is 5.51. The first-order valence-corrected chi connectivity index (χ1v) is 9.88. The molecule has 0 aliphatic carbocycles. The molecule has 1 aliphatic rings. The highest BCUT2D eigenvalue weighted by atomic mass is 32.1. The Morgan fingerprint density at radius 3 is 2.75 bits per heavy atom. The zero-order valence-corrected chi connectivity index (χ0v) is 16.4. The Morgan fingerprint density at radius 1 is 1.21 bits per heavy atom. The zero-order valence-electron chi connectivity index (χ0n) is 15.6. The average Bonchev–Trinajstić information content (AvgIpc) is 3.19. The van der Waals surface area contributed by atoms with E-state index in [0.717, 1.165) is 42.8 Å². The van der Waals surface area contributed by atoms with Crippen molar-refractivity contribution in [3.8, 4) is 0 Å². The molecule has 10 heteroatoms. The highest BCUT2D eigenvalue weighted by Crippen LogP contribution is 2.24. The van der Waals surface area contributed by atoms with E-state index in [1.807, 2.05) is 18.2 Å². The third kappa shape index (κ3) is 3.71. The minimum atomic E-state index is -0.126. The third-order valence-corrected chi connectivity index (χ3v) is 5.61. The van der Waals surface area contributed by atoms with Crippen LogP contribution in [0.15, 0.2) is 29.3 Å². The number of anilines is 2. The first-order valence-electron chi connectivity index (χ1n) is 9.11. The molecule has 1 saturated heterocycles. The van der Waals surface area contributed by atoms with Crippen LogP contribution in [0.25, 0.3) is 10.9 Å². The smallest absolute Gasteiger partial charge is 0.261 e. The standard InChI is InChI=1S/C18H22N6O3S/c1-27-11-16-20-18(28-21-16)23-6-4-22(5-7-23)13-2-3-14-15(10-13)19-12-24(8-9-25)17(14)26/h2-3,10,12,25H,4-9,11H2,1H3. The lowest BCUT2D eigenvalue weighted by Crippen LogP contribution is -2.46. The van der Waals surface area contributed by atoms with E-state index in [1.165, 1.54) is 22.4 Å². The molecular formula is C18H22N6O3S. The highest BCUT2D eigenvalue weighted by molar-refractivity contribution is 7.09. The van der Waals surface area contributed by atoms with E-state index in [9.17, 15) is 4.79 Å². The first kappa shape index (κ1) is 18.8. The molecule has 0 unspecified atom stereocenters. The van der Waals surface area contributed by atoms with Crippen molar-refractivity contribution in [1.82, 2.24) is 18.9 Å². The molecule has 3 aromatic rings. The monoisotopic (exact) mass is 402 g/mol. The summed E-state index contributed by atoms with van der Waals surface area (Å²) in [6.07, 6.45) is 1.50. The van der Waals surface area contributed by atoms with Crippen LogP contribution in [0.4, 0.5) is 10.8 Å². The molecule has 28 heavy (non-hydrogen) atoms. The van der Waals surface area contributed by atoms with Crippen molar-refractivity contribution in [2.45, 2.75) is 13.2 Å². The quantitative estimate of drug-likeness (QED) is 0.644. The largest absolute Gasteiger partial charge is 0.395 e. The molecule has 2 aromatic heterocycles. The number of hydrogen-bond acceptors (Lipinski definition) is 9. The number of methoxy groups -OCH3 is 1. The van der Waals surface area contributed by atoms with Crippen molar-refractivity contribution in [2.75, 3.05) is 49.7 Å². The molecule has 3 heterocycles. The van der Waals surface area contributed by atoms with Crippen LogP contribution in [0.3, 0.4) is 0 Å². The molecule has 0 bridgehead atoms. The molecule has 0 radical (unpaired) electrons. The van der Waals surface area contributed by atoms with Gasteiger partial charge in [-0.1, -0.05) is 0 Å². The van der Waals surface area contributed by atoms with Crippen LogP contribution >= 0.6 is 11.5 Å². The second kappa shape index (κ2) is 8.21. The second-order valence-corrected chi connectivity index (χ2v) is 7.30. The van der Waals surface area contributed by atoms with E-state index < -0.39 is 0 Å². The summed E-state index contributed by atoms with van der Waals surface area (Å²) >= 11 is 1.40. The predicted octanol–water partition coefficient (Wildman–Crippen LogP) is 0.713. The lowest BCUT2D eigenvalue weighted by Gasteiger charge is -2.35. The van der Waals surface area contributed by atoms with Crippen LogP contribution < -0.4 is 15.4 Å². The maximum absolute atomic E-state index is 12.4. The molecule has 9 nitrogen and oxygen atoms in total. The fourth-order valence-electron chi connectivity index (χ4n) is 3.33. The number of fused-ring (bicyclic) bond motifs is 1. The number of rotatable bonds is 6. The number of aliphatic hydroxyl groups excluding tert-OH is 1. The van der Waals surface area contributed by atoms with E-state index in [2.05, 4.69) is 24.1 Å². The van der Waals surface area contributed by atoms with Crippen LogP contribution in [0.2, 0.25) is 0 Å². The highest BCUT2D eigenvalue weighted by Gasteiger charge is 2.21. The molecule has 1 aromatic carbocycles. The Hall–Kier alpha value is -2.56. The Bertz CT molecular complexity index is 1010. The van der Waals surface area contributed by atoms with E-state index in [1.54, 1.807) is 7.11 Å². The fraction of sp³-hybridized carbons (Fsp3) is 0.444. The summed E-state index contributed by atoms with van der Waals surface area (Å²) in [6.45, 7) is 4.01. The summed E-state index contributed by atoms with van der Waals surface area (Å²) in [5, 5.41) is 10.5. The van der Waals surface area contributed by atoms with Gasteiger partial charge >= 0.3 is 0 Å². The number of benzene rings is 1. The Morgan fingerprint density at radius 2 is 2.00 bits per heavy atom. The van der Waals surface area contributed by atoms with Crippen molar-refractivity contribution < 1.29 is 9.84 Å². The van der Waals surface area contributed by atoms with Gasteiger partial charge in [-0.15, -0.1) is 0 Å². The molecular weight excluding hydrogens is 380 g/mol. The van der Waals surface area contributed by atoms with E-state index in [4.69, 9.17) is 9.84 Å². The lowest BCUT2D eigenvalue weighted by molar-refractivity contribution is 0.179. The number of aliphatic hydroxyl groups is 1. The second-order valence-electron chi connectivity index (χ2n) is 6.57. The summed E-state index contributed by atoms with van der Waals surface area (Å²) in [6, 6.07) is 5.74. The number of nitrogens with zero attached hydrogens (tertiary/aromatic N) is 6. The molecule has 4 rings (SSSR count). The van der Waals surface area contributed by atoms with Gasteiger partial charge in [0.05, 0.1) is 30.4 Å². The van der Waals surface area contributed by atoms with Crippen molar-refractivity contribution in [3.05, 3.63) is 40.7 Å². The van der Waals surface area contributed by atoms with Crippen LogP contribution in [0.5, 0.6) is 0 Å². The van der Waals surface area contributed by atoms with Gasteiger partial charge in [0.25, 0.3) is 5.56 Å². The summed E-state index contributed by atoms with van der Waals surface area (Å²) in [5.74, 6) is 0.720. The number of hydrogen-bond donors (Lipinski definition) is 1. The summed E-state index contributed by atoms with van der Waals surface area (Å²) in [5.41, 5.74) is 1.60. The number of aromatic nitrogens is 4. The fourth-order valence-corrected chi connectivity index (χ4v) is 4.05. The molecule has 0 atom stereocenters. The maximum atomic E-state index is 12.4. The van der Waals surface area contributed by atoms with Crippen LogP contribution in [0, 0.1) is 0 Å². The molecule has 148 valence electrons. The number of ether oxygens (including phenoxy) is 1. The number of piperazine rings is 1. The third-order valence-electron chi connectivity index (χ3n) is 4.80. The zero-order chi connectivity index (χ0) is 19.5. The van der Waals surface area contributed by atoms with Gasteiger partial charge in [-0.2, -0.15) is 4.37 Å². The SMILES string of the molecule is COCc1nsc(N2CCN(c3ccc4c(=O)n(CCO)cnc4c3)CC2)n1. The van der Waals surface area contributed by atoms with Gasteiger partial charge in [0.2, 0.25) is 5.13 Å². The minimum Gasteiger partial charge on any atom is -0.395 e.